The largest absolute Gasteiger partial charge is 0.477 e. The number of carboxylic acid groups (broad SMARTS) is 1. The Hall–Kier alpha value is -3.19. The first kappa shape index (κ1) is 17.2. The van der Waals surface area contributed by atoms with Gasteiger partial charge in [0.1, 0.15) is 11.4 Å². The predicted octanol–water partition coefficient (Wildman–Crippen LogP) is 2.57. The maximum absolute atomic E-state index is 14.7. The summed E-state index contributed by atoms with van der Waals surface area (Å²) in [6, 6.07) is 11.4. The molecule has 27 heavy (non-hydrogen) atoms. The highest BCUT2D eigenvalue weighted by Gasteiger charge is 2.25. The van der Waals surface area contributed by atoms with Crippen LogP contribution in [0.25, 0.3) is 22.2 Å². The summed E-state index contributed by atoms with van der Waals surface area (Å²) in [6.07, 6.45) is 0.765. The molecule has 0 saturated carbocycles. The molecule has 0 radical (unpaired) electrons. The van der Waals surface area contributed by atoms with E-state index < -0.39 is 22.8 Å². The molecule has 1 fully saturated rings. The molecule has 4 N–H and O–H groups in total. The van der Waals surface area contributed by atoms with Crippen LogP contribution in [0.4, 0.5) is 10.1 Å². The van der Waals surface area contributed by atoms with Gasteiger partial charge in [-0.3, -0.25) is 4.79 Å². The van der Waals surface area contributed by atoms with Crippen molar-refractivity contribution < 1.29 is 14.3 Å². The Morgan fingerprint density at radius 2 is 2.00 bits per heavy atom. The highest BCUT2D eigenvalue weighted by Crippen LogP contribution is 2.29. The number of halogens is 1. The molecular formula is C20H18FN3O3. The summed E-state index contributed by atoms with van der Waals surface area (Å²) in [4.78, 5) is 29.4. The van der Waals surface area contributed by atoms with Crippen molar-refractivity contribution in [2.75, 3.05) is 18.0 Å². The standard InChI is InChI=1S/C20H18FN3O3/c21-14-8-13-15(9-16(14)24-7-6-12(22)10-24)23-18(11-4-2-1-3-5-11)17(19(13)25)20(26)27/h1-5,8-9,12H,6-7,10,22H2,(H,23,25)(H,26,27). The normalized spacial score (nSPS) is 16.8. The van der Waals surface area contributed by atoms with Gasteiger partial charge in [-0.25, -0.2) is 9.18 Å². The zero-order chi connectivity index (χ0) is 19.1. The fourth-order valence-electron chi connectivity index (χ4n) is 3.57. The van der Waals surface area contributed by atoms with Crippen LogP contribution in [0.15, 0.2) is 47.3 Å². The lowest BCUT2D eigenvalue weighted by Gasteiger charge is -2.20. The lowest BCUT2D eigenvalue weighted by atomic mass is 10.0. The van der Waals surface area contributed by atoms with Gasteiger partial charge >= 0.3 is 5.97 Å². The minimum atomic E-state index is -1.35. The zero-order valence-corrected chi connectivity index (χ0v) is 14.4. The van der Waals surface area contributed by atoms with E-state index in [0.29, 0.717) is 29.9 Å². The number of pyridine rings is 1. The van der Waals surface area contributed by atoms with Crippen molar-refractivity contribution in [1.82, 2.24) is 4.98 Å². The lowest BCUT2D eigenvalue weighted by Crippen LogP contribution is -2.27. The number of aromatic nitrogens is 1. The number of hydrogen-bond acceptors (Lipinski definition) is 4. The second kappa shape index (κ2) is 6.51. The van der Waals surface area contributed by atoms with Crippen LogP contribution in [-0.2, 0) is 0 Å². The van der Waals surface area contributed by atoms with E-state index in [2.05, 4.69) is 4.98 Å². The second-order valence-corrected chi connectivity index (χ2v) is 6.72. The molecule has 3 aromatic rings. The summed E-state index contributed by atoms with van der Waals surface area (Å²) < 4.78 is 14.7. The second-order valence-electron chi connectivity index (χ2n) is 6.72. The number of nitrogens with one attached hydrogen (secondary N) is 1. The molecule has 1 aliphatic heterocycles. The number of aromatic carboxylic acids is 1. The highest BCUT2D eigenvalue weighted by atomic mass is 19.1. The molecule has 1 aliphatic rings. The summed E-state index contributed by atoms with van der Waals surface area (Å²) >= 11 is 0. The van der Waals surface area contributed by atoms with Crippen LogP contribution >= 0.6 is 0 Å². The van der Waals surface area contributed by atoms with Gasteiger partial charge in [-0.05, 0) is 24.1 Å². The highest BCUT2D eigenvalue weighted by molar-refractivity contribution is 5.99. The fraction of sp³-hybridized carbons (Fsp3) is 0.200. The lowest BCUT2D eigenvalue weighted by molar-refractivity contribution is 0.0696. The molecule has 0 amide bonds. The quantitative estimate of drug-likeness (QED) is 0.661. The number of nitrogens with zero attached hydrogens (tertiary/aromatic N) is 1. The van der Waals surface area contributed by atoms with Crippen LogP contribution in [0, 0.1) is 5.82 Å². The van der Waals surface area contributed by atoms with Crippen molar-refractivity contribution in [2.24, 2.45) is 5.73 Å². The van der Waals surface area contributed by atoms with Gasteiger partial charge in [0.2, 0.25) is 5.43 Å². The van der Waals surface area contributed by atoms with Crippen LogP contribution in [0.1, 0.15) is 16.8 Å². The minimum Gasteiger partial charge on any atom is -0.477 e. The van der Waals surface area contributed by atoms with E-state index in [1.165, 1.54) is 0 Å². The van der Waals surface area contributed by atoms with Gasteiger partial charge in [0.25, 0.3) is 0 Å². The molecule has 4 rings (SSSR count). The number of benzene rings is 2. The molecular weight excluding hydrogens is 349 g/mol. The van der Waals surface area contributed by atoms with Crippen molar-refractivity contribution >= 4 is 22.6 Å². The average Bonchev–Trinajstić information content (AvgIpc) is 3.08. The van der Waals surface area contributed by atoms with E-state index >= 15 is 0 Å². The molecule has 138 valence electrons. The van der Waals surface area contributed by atoms with Gasteiger partial charge in [0.15, 0.2) is 0 Å². The summed E-state index contributed by atoms with van der Waals surface area (Å²) in [7, 11) is 0. The van der Waals surface area contributed by atoms with Crippen LogP contribution in [0.5, 0.6) is 0 Å². The first-order chi connectivity index (χ1) is 13.0. The Morgan fingerprint density at radius 3 is 2.63 bits per heavy atom. The van der Waals surface area contributed by atoms with Gasteiger partial charge in [-0.2, -0.15) is 0 Å². The SMILES string of the molecule is NC1CCN(c2cc3[nH]c(-c4ccccc4)c(C(=O)O)c(=O)c3cc2F)C1. The zero-order valence-electron chi connectivity index (χ0n) is 14.4. The van der Waals surface area contributed by atoms with Crippen molar-refractivity contribution in [3.05, 3.63) is 64.1 Å². The predicted molar refractivity (Wildman–Crippen MR) is 102 cm³/mol. The number of carbonyl (C=O) groups is 1. The maximum Gasteiger partial charge on any atom is 0.341 e. The van der Waals surface area contributed by atoms with Crippen LogP contribution in [0.3, 0.4) is 0 Å². The topological polar surface area (TPSA) is 99.4 Å². The van der Waals surface area contributed by atoms with Crippen LogP contribution in [0.2, 0.25) is 0 Å². The molecule has 1 atom stereocenters. The molecule has 0 spiro atoms. The molecule has 2 heterocycles. The molecule has 2 aromatic carbocycles. The number of hydrogen-bond donors (Lipinski definition) is 3. The van der Waals surface area contributed by atoms with Gasteiger partial charge in [0, 0.05) is 24.5 Å². The number of carboxylic acids is 1. The Labute approximate surface area is 154 Å². The minimum absolute atomic E-state index is 0.0110. The average molecular weight is 367 g/mol. The fourth-order valence-corrected chi connectivity index (χ4v) is 3.57. The number of fused-ring (bicyclic) bond motifs is 1. The van der Waals surface area contributed by atoms with Crippen molar-refractivity contribution in [1.29, 1.82) is 0 Å². The third kappa shape index (κ3) is 2.96. The number of nitrogens with two attached hydrogens (primary N) is 1. The van der Waals surface area contributed by atoms with E-state index in [4.69, 9.17) is 5.73 Å². The molecule has 1 aromatic heterocycles. The van der Waals surface area contributed by atoms with Gasteiger partial charge in [-0.1, -0.05) is 30.3 Å². The van der Waals surface area contributed by atoms with E-state index in [1.807, 2.05) is 4.90 Å². The van der Waals surface area contributed by atoms with Crippen molar-refractivity contribution in [3.8, 4) is 11.3 Å². The van der Waals surface area contributed by atoms with Gasteiger partial charge < -0.3 is 20.7 Å². The van der Waals surface area contributed by atoms with Crippen LogP contribution in [-0.4, -0.2) is 35.2 Å². The molecule has 1 saturated heterocycles. The number of aromatic amines is 1. The molecule has 0 bridgehead atoms. The van der Waals surface area contributed by atoms with Crippen molar-refractivity contribution in [2.45, 2.75) is 12.5 Å². The van der Waals surface area contributed by atoms with E-state index in [9.17, 15) is 19.1 Å². The van der Waals surface area contributed by atoms with E-state index in [-0.39, 0.29) is 17.1 Å². The molecule has 1 unspecified atom stereocenters. The third-order valence-corrected chi connectivity index (χ3v) is 4.91. The number of H-pyrrole nitrogens is 1. The molecule has 6 nitrogen and oxygen atoms in total. The Kier molecular flexibility index (Phi) is 4.16. The number of anilines is 1. The van der Waals surface area contributed by atoms with Crippen molar-refractivity contribution in [3.63, 3.8) is 0 Å². The first-order valence-electron chi connectivity index (χ1n) is 8.64. The Morgan fingerprint density at radius 1 is 1.26 bits per heavy atom. The van der Waals surface area contributed by atoms with Gasteiger partial charge in [0.05, 0.1) is 16.9 Å². The Balaban J connectivity index is 1.98. The van der Waals surface area contributed by atoms with Crippen LogP contribution < -0.4 is 16.1 Å². The van der Waals surface area contributed by atoms with E-state index in [1.54, 1.807) is 36.4 Å². The molecule has 0 aliphatic carbocycles. The smallest absolute Gasteiger partial charge is 0.341 e. The number of rotatable bonds is 3. The van der Waals surface area contributed by atoms with Gasteiger partial charge in [-0.15, -0.1) is 0 Å². The summed E-state index contributed by atoms with van der Waals surface area (Å²) in [6.45, 7) is 1.16. The summed E-state index contributed by atoms with van der Waals surface area (Å²) in [5.41, 5.74) is 6.33. The summed E-state index contributed by atoms with van der Waals surface area (Å²) in [5.74, 6) is -1.92. The Bertz CT molecular complexity index is 1100. The maximum atomic E-state index is 14.7. The third-order valence-electron chi connectivity index (χ3n) is 4.91. The van der Waals surface area contributed by atoms with E-state index in [0.717, 1.165) is 12.5 Å². The summed E-state index contributed by atoms with van der Waals surface area (Å²) in [5, 5.41) is 9.57. The monoisotopic (exact) mass is 367 g/mol. The molecule has 7 heteroatoms. The first-order valence-corrected chi connectivity index (χ1v) is 8.64.